The lowest BCUT2D eigenvalue weighted by Gasteiger charge is -2.27. The summed E-state index contributed by atoms with van der Waals surface area (Å²) in [6.07, 6.45) is -3.77. The molecule has 0 fully saturated rings. The number of benzene rings is 2. The first-order chi connectivity index (χ1) is 13.7. The van der Waals surface area contributed by atoms with Gasteiger partial charge in [-0.3, -0.25) is 4.79 Å². The Morgan fingerprint density at radius 1 is 1.07 bits per heavy atom. The SMILES string of the molecule is CC(C)C(NC(=O)Nc1cccc(C(F)(F)F)c1)C(=O)N1CCc2ccccc21. The Morgan fingerprint density at radius 2 is 1.79 bits per heavy atom. The lowest BCUT2D eigenvalue weighted by atomic mass is 10.0. The van der Waals surface area contributed by atoms with Gasteiger partial charge in [0, 0.05) is 17.9 Å². The molecule has 2 aromatic rings. The molecule has 3 amide bonds. The molecular weight excluding hydrogens is 383 g/mol. The van der Waals surface area contributed by atoms with E-state index in [0.29, 0.717) is 6.54 Å². The lowest BCUT2D eigenvalue weighted by molar-refractivity contribution is -0.137. The molecule has 0 radical (unpaired) electrons. The average molecular weight is 405 g/mol. The fraction of sp³-hybridized carbons (Fsp3) is 0.333. The van der Waals surface area contributed by atoms with Crippen molar-refractivity contribution in [2.75, 3.05) is 16.8 Å². The highest BCUT2D eigenvalue weighted by molar-refractivity contribution is 6.02. The number of alkyl halides is 3. The highest BCUT2D eigenvalue weighted by atomic mass is 19.4. The second-order valence-electron chi connectivity index (χ2n) is 7.27. The quantitative estimate of drug-likeness (QED) is 0.790. The maximum Gasteiger partial charge on any atom is 0.416 e. The zero-order valence-electron chi connectivity index (χ0n) is 16.1. The van der Waals surface area contributed by atoms with Gasteiger partial charge in [0.2, 0.25) is 5.91 Å². The van der Waals surface area contributed by atoms with Gasteiger partial charge in [0.05, 0.1) is 5.56 Å². The first-order valence-corrected chi connectivity index (χ1v) is 9.31. The first-order valence-electron chi connectivity index (χ1n) is 9.31. The Hall–Kier alpha value is -3.03. The van der Waals surface area contributed by atoms with E-state index in [1.807, 2.05) is 24.3 Å². The van der Waals surface area contributed by atoms with Gasteiger partial charge in [-0.25, -0.2) is 4.79 Å². The number of fused-ring (bicyclic) bond motifs is 1. The number of nitrogens with zero attached hydrogens (tertiary/aromatic N) is 1. The lowest BCUT2D eigenvalue weighted by Crippen LogP contribution is -2.52. The van der Waals surface area contributed by atoms with Crippen LogP contribution in [0.3, 0.4) is 0 Å². The summed E-state index contributed by atoms with van der Waals surface area (Å²) in [5.41, 5.74) is 1.03. The van der Waals surface area contributed by atoms with Gasteiger partial charge in [-0.15, -0.1) is 0 Å². The van der Waals surface area contributed by atoms with E-state index in [0.717, 1.165) is 29.8 Å². The van der Waals surface area contributed by atoms with Crippen LogP contribution in [0, 0.1) is 5.92 Å². The number of nitrogens with one attached hydrogen (secondary N) is 2. The second kappa shape index (κ2) is 8.14. The van der Waals surface area contributed by atoms with Crippen LogP contribution < -0.4 is 15.5 Å². The van der Waals surface area contributed by atoms with Crippen molar-refractivity contribution in [2.24, 2.45) is 5.92 Å². The predicted octanol–water partition coefficient (Wildman–Crippen LogP) is 4.44. The number of hydrogen-bond acceptors (Lipinski definition) is 2. The molecule has 3 rings (SSSR count). The predicted molar refractivity (Wildman–Crippen MR) is 105 cm³/mol. The van der Waals surface area contributed by atoms with Gasteiger partial charge in [-0.2, -0.15) is 13.2 Å². The monoisotopic (exact) mass is 405 g/mol. The topological polar surface area (TPSA) is 61.4 Å². The zero-order valence-corrected chi connectivity index (χ0v) is 16.1. The molecule has 0 aliphatic carbocycles. The van der Waals surface area contributed by atoms with E-state index in [9.17, 15) is 22.8 Å². The normalized spacial score (nSPS) is 14.5. The van der Waals surface area contributed by atoms with Crippen molar-refractivity contribution in [3.8, 4) is 0 Å². The van der Waals surface area contributed by atoms with Crippen molar-refractivity contribution in [1.29, 1.82) is 0 Å². The van der Waals surface area contributed by atoms with Crippen LogP contribution >= 0.6 is 0 Å². The molecule has 1 aliphatic rings. The first kappa shape index (κ1) is 20.7. The Balaban J connectivity index is 1.71. The Kier molecular flexibility index (Phi) is 5.81. The van der Waals surface area contributed by atoms with Gasteiger partial charge in [0.1, 0.15) is 6.04 Å². The summed E-state index contributed by atoms with van der Waals surface area (Å²) in [5, 5.41) is 4.99. The summed E-state index contributed by atoms with van der Waals surface area (Å²) in [6, 6.07) is 10.4. The van der Waals surface area contributed by atoms with Crippen LogP contribution in [0.25, 0.3) is 0 Å². The number of halogens is 3. The van der Waals surface area contributed by atoms with E-state index >= 15 is 0 Å². The molecule has 5 nitrogen and oxygen atoms in total. The van der Waals surface area contributed by atoms with Crippen molar-refractivity contribution in [3.05, 3.63) is 59.7 Å². The maximum absolute atomic E-state index is 13.1. The number of hydrogen-bond donors (Lipinski definition) is 2. The second-order valence-corrected chi connectivity index (χ2v) is 7.27. The average Bonchev–Trinajstić information content (AvgIpc) is 3.09. The molecule has 29 heavy (non-hydrogen) atoms. The molecule has 8 heteroatoms. The van der Waals surface area contributed by atoms with Gasteiger partial charge in [0.15, 0.2) is 0 Å². The highest BCUT2D eigenvalue weighted by Gasteiger charge is 2.33. The minimum absolute atomic E-state index is 0.00111. The summed E-state index contributed by atoms with van der Waals surface area (Å²) in [7, 11) is 0. The van der Waals surface area contributed by atoms with E-state index in [4.69, 9.17) is 0 Å². The molecule has 1 unspecified atom stereocenters. The largest absolute Gasteiger partial charge is 0.416 e. The van der Waals surface area contributed by atoms with Crippen LogP contribution in [0.4, 0.5) is 29.3 Å². The molecule has 2 N–H and O–H groups in total. The maximum atomic E-state index is 13.1. The molecule has 1 heterocycles. The molecule has 1 atom stereocenters. The van der Waals surface area contributed by atoms with Crippen LogP contribution in [0.1, 0.15) is 25.0 Å². The summed E-state index contributed by atoms with van der Waals surface area (Å²) in [5.74, 6) is -0.452. The van der Waals surface area contributed by atoms with Crippen molar-refractivity contribution >= 4 is 23.3 Å². The number of para-hydroxylation sites is 1. The van der Waals surface area contributed by atoms with Gasteiger partial charge < -0.3 is 15.5 Å². The van der Waals surface area contributed by atoms with Crippen molar-refractivity contribution in [2.45, 2.75) is 32.5 Å². The number of anilines is 2. The Bertz CT molecular complexity index is 912. The van der Waals surface area contributed by atoms with Crippen LogP contribution in [0.15, 0.2) is 48.5 Å². The molecule has 0 spiro atoms. The van der Waals surface area contributed by atoms with Gasteiger partial charge in [0.25, 0.3) is 0 Å². The van der Waals surface area contributed by atoms with Crippen LogP contribution in [0.2, 0.25) is 0 Å². The highest BCUT2D eigenvalue weighted by Crippen LogP contribution is 2.31. The fourth-order valence-electron chi connectivity index (χ4n) is 3.33. The van der Waals surface area contributed by atoms with Crippen LogP contribution in [-0.2, 0) is 17.4 Å². The molecule has 0 saturated heterocycles. The van der Waals surface area contributed by atoms with E-state index < -0.39 is 23.8 Å². The van der Waals surface area contributed by atoms with Crippen LogP contribution in [-0.4, -0.2) is 24.5 Å². The zero-order chi connectivity index (χ0) is 21.2. The smallest absolute Gasteiger partial charge is 0.326 e. The van der Waals surface area contributed by atoms with Crippen molar-refractivity contribution in [3.63, 3.8) is 0 Å². The minimum Gasteiger partial charge on any atom is -0.326 e. The number of amides is 3. The summed E-state index contributed by atoms with van der Waals surface area (Å²) >= 11 is 0. The third-order valence-electron chi connectivity index (χ3n) is 4.82. The molecule has 1 aliphatic heterocycles. The standard InChI is InChI=1S/C21H22F3N3O2/c1-13(2)18(19(28)27-11-10-14-6-3-4-9-17(14)27)26-20(29)25-16-8-5-7-15(12-16)21(22,23)24/h3-9,12-13,18H,10-11H2,1-2H3,(H2,25,26,29). The van der Waals surface area contributed by atoms with Crippen LogP contribution in [0.5, 0.6) is 0 Å². The number of carbonyl (C=O) groups is 2. The molecule has 154 valence electrons. The van der Waals surface area contributed by atoms with Crippen molar-refractivity contribution < 1.29 is 22.8 Å². The number of carbonyl (C=O) groups excluding carboxylic acids is 2. The summed E-state index contributed by atoms with van der Waals surface area (Å²) in [6.45, 7) is 4.13. The summed E-state index contributed by atoms with van der Waals surface area (Å²) < 4.78 is 38.5. The molecule has 0 bridgehead atoms. The van der Waals surface area contributed by atoms with Crippen molar-refractivity contribution in [1.82, 2.24) is 5.32 Å². The molecule has 2 aromatic carbocycles. The fourth-order valence-corrected chi connectivity index (χ4v) is 3.33. The Morgan fingerprint density at radius 3 is 2.48 bits per heavy atom. The van der Waals surface area contributed by atoms with E-state index in [-0.39, 0.29) is 17.5 Å². The third-order valence-corrected chi connectivity index (χ3v) is 4.82. The van der Waals surface area contributed by atoms with Gasteiger partial charge in [-0.1, -0.05) is 38.1 Å². The minimum atomic E-state index is -4.51. The van der Waals surface area contributed by atoms with E-state index in [1.54, 1.807) is 18.7 Å². The summed E-state index contributed by atoms with van der Waals surface area (Å²) in [4.78, 5) is 27.1. The third kappa shape index (κ3) is 4.70. The van der Waals surface area contributed by atoms with Gasteiger partial charge >= 0.3 is 12.2 Å². The molecule has 0 aromatic heterocycles. The Labute approximate surface area is 166 Å². The van der Waals surface area contributed by atoms with Gasteiger partial charge in [-0.05, 0) is 42.2 Å². The van der Waals surface area contributed by atoms with E-state index in [1.165, 1.54) is 12.1 Å². The number of rotatable bonds is 4. The molecular formula is C21H22F3N3O2. The van der Waals surface area contributed by atoms with E-state index in [2.05, 4.69) is 10.6 Å². The number of urea groups is 1. The molecule has 0 saturated carbocycles.